The standard InChI is InChI=1S/C28H33ClN6O4/c1-16(2)8-10-19-14-24(39-34-19)31-23(36)13-18-9-11-20(22(29)12-18)25-21(15-30)26(35(33-25)17(3)4)32-27(37)38-28(5,6)7/h9,11-12,14,17H,1,8,10,13H2,2-7H3,(H,31,36)(H,32,37). The summed E-state index contributed by atoms with van der Waals surface area (Å²) >= 11 is 6.60. The summed E-state index contributed by atoms with van der Waals surface area (Å²) in [5.41, 5.74) is 2.65. The van der Waals surface area contributed by atoms with Crippen LogP contribution in [0.3, 0.4) is 0 Å². The van der Waals surface area contributed by atoms with Gasteiger partial charge >= 0.3 is 6.09 Å². The highest BCUT2D eigenvalue weighted by Gasteiger charge is 2.26. The maximum Gasteiger partial charge on any atom is 0.413 e. The zero-order chi connectivity index (χ0) is 28.9. The summed E-state index contributed by atoms with van der Waals surface area (Å²) in [7, 11) is 0. The minimum absolute atomic E-state index is 0.0405. The van der Waals surface area contributed by atoms with Crippen molar-refractivity contribution < 1.29 is 18.8 Å². The molecule has 0 bridgehead atoms. The highest BCUT2D eigenvalue weighted by Crippen LogP contribution is 2.35. The van der Waals surface area contributed by atoms with E-state index in [2.05, 4.69) is 33.5 Å². The summed E-state index contributed by atoms with van der Waals surface area (Å²) in [5, 5.41) is 24.1. The number of ether oxygens (including phenoxy) is 1. The highest BCUT2D eigenvalue weighted by atomic mass is 35.5. The van der Waals surface area contributed by atoms with Gasteiger partial charge < -0.3 is 9.26 Å². The van der Waals surface area contributed by atoms with Gasteiger partial charge in [-0.1, -0.05) is 34.5 Å². The fourth-order valence-electron chi connectivity index (χ4n) is 3.68. The minimum Gasteiger partial charge on any atom is -0.444 e. The number of anilines is 2. The van der Waals surface area contributed by atoms with E-state index in [0.717, 1.165) is 17.7 Å². The molecule has 0 aliphatic rings. The van der Waals surface area contributed by atoms with Crippen molar-refractivity contribution in [2.24, 2.45) is 0 Å². The molecule has 11 heteroatoms. The summed E-state index contributed by atoms with van der Waals surface area (Å²) in [6.07, 6.45) is 0.804. The molecular formula is C28H33ClN6O4. The lowest BCUT2D eigenvalue weighted by Crippen LogP contribution is -2.28. The molecule has 2 N–H and O–H groups in total. The topological polar surface area (TPSA) is 135 Å². The summed E-state index contributed by atoms with van der Waals surface area (Å²) < 4.78 is 12.1. The lowest BCUT2D eigenvalue weighted by atomic mass is 10.0. The first kappa shape index (κ1) is 29.5. The average Bonchev–Trinajstić information content (AvgIpc) is 3.40. The summed E-state index contributed by atoms with van der Waals surface area (Å²) in [5.74, 6) is 0.181. The molecule has 0 atom stereocenters. The van der Waals surface area contributed by atoms with Crippen molar-refractivity contribution in [1.82, 2.24) is 14.9 Å². The van der Waals surface area contributed by atoms with Gasteiger partial charge in [0.2, 0.25) is 11.8 Å². The van der Waals surface area contributed by atoms with E-state index in [0.29, 0.717) is 28.3 Å². The number of carbonyl (C=O) groups is 2. The van der Waals surface area contributed by atoms with Gasteiger partial charge in [-0.25, -0.2) is 9.48 Å². The molecule has 2 amide bonds. The predicted molar refractivity (Wildman–Crippen MR) is 150 cm³/mol. The van der Waals surface area contributed by atoms with Gasteiger partial charge in [-0.3, -0.25) is 15.4 Å². The quantitative estimate of drug-likeness (QED) is 0.282. The van der Waals surface area contributed by atoms with Crippen molar-refractivity contribution in [3.05, 3.63) is 58.3 Å². The second-order valence-electron chi connectivity index (χ2n) is 10.5. The van der Waals surface area contributed by atoms with Crippen LogP contribution in [-0.4, -0.2) is 32.5 Å². The van der Waals surface area contributed by atoms with Crippen molar-refractivity contribution >= 4 is 35.3 Å². The van der Waals surface area contributed by atoms with Gasteiger partial charge in [-0.15, -0.1) is 6.58 Å². The third kappa shape index (κ3) is 7.94. The Morgan fingerprint density at radius 3 is 2.56 bits per heavy atom. The number of amides is 2. The van der Waals surface area contributed by atoms with Gasteiger partial charge in [0.1, 0.15) is 22.9 Å². The number of hydrogen-bond acceptors (Lipinski definition) is 7. The van der Waals surface area contributed by atoms with Gasteiger partial charge in [0, 0.05) is 17.7 Å². The molecule has 0 aliphatic carbocycles. The van der Waals surface area contributed by atoms with E-state index in [4.69, 9.17) is 20.9 Å². The Hall–Kier alpha value is -4.10. The van der Waals surface area contributed by atoms with E-state index in [1.165, 1.54) is 4.68 Å². The molecule has 0 fully saturated rings. The second kappa shape index (κ2) is 12.2. The zero-order valence-corrected chi connectivity index (χ0v) is 23.8. The molecule has 2 aromatic heterocycles. The van der Waals surface area contributed by atoms with E-state index >= 15 is 0 Å². The number of carbonyl (C=O) groups excluding carboxylic acids is 2. The highest BCUT2D eigenvalue weighted by molar-refractivity contribution is 6.33. The summed E-state index contributed by atoms with van der Waals surface area (Å²) in [6.45, 7) is 14.8. The minimum atomic E-state index is -0.714. The lowest BCUT2D eigenvalue weighted by Gasteiger charge is -2.20. The smallest absolute Gasteiger partial charge is 0.413 e. The van der Waals surface area contributed by atoms with Gasteiger partial charge in [0.05, 0.1) is 17.1 Å². The summed E-state index contributed by atoms with van der Waals surface area (Å²) in [4.78, 5) is 25.0. The molecule has 0 spiro atoms. The van der Waals surface area contributed by atoms with Crippen LogP contribution in [0, 0.1) is 11.3 Å². The first-order valence-electron chi connectivity index (χ1n) is 12.5. The van der Waals surface area contributed by atoms with Gasteiger partial charge in [-0.2, -0.15) is 10.4 Å². The number of halogens is 1. The Balaban J connectivity index is 1.80. The van der Waals surface area contributed by atoms with Crippen molar-refractivity contribution in [2.75, 3.05) is 10.6 Å². The number of hydrogen-bond donors (Lipinski definition) is 2. The maximum atomic E-state index is 12.6. The molecule has 0 aliphatic heterocycles. The van der Waals surface area contributed by atoms with Crippen LogP contribution in [0.2, 0.25) is 5.02 Å². The molecule has 39 heavy (non-hydrogen) atoms. The van der Waals surface area contributed by atoms with Crippen LogP contribution in [0.5, 0.6) is 0 Å². The Morgan fingerprint density at radius 2 is 1.97 bits per heavy atom. The van der Waals surface area contributed by atoms with Crippen LogP contribution in [0.25, 0.3) is 11.3 Å². The molecular weight excluding hydrogens is 520 g/mol. The first-order chi connectivity index (χ1) is 18.3. The SMILES string of the molecule is C=C(C)CCc1cc(NC(=O)Cc2ccc(-c3nn(C(C)C)c(NC(=O)OC(C)(C)C)c3C#N)c(Cl)c2)on1. The van der Waals surface area contributed by atoms with Crippen LogP contribution in [0.1, 0.15) is 70.8 Å². The number of rotatable bonds is 9. The maximum absolute atomic E-state index is 12.6. The van der Waals surface area contributed by atoms with Crippen molar-refractivity contribution in [1.29, 1.82) is 5.26 Å². The number of allylic oxidation sites excluding steroid dienone is 1. The van der Waals surface area contributed by atoms with Crippen LogP contribution in [-0.2, 0) is 22.4 Å². The Kier molecular flexibility index (Phi) is 9.20. The third-order valence-electron chi connectivity index (χ3n) is 5.41. The van der Waals surface area contributed by atoms with Gasteiger partial charge in [0.15, 0.2) is 5.82 Å². The normalized spacial score (nSPS) is 11.3. The Morgan fingerprint density at radius 1 is 1.26 bits per heavy atom. The molecule has 3 aromatic rings. The van der Waals surface area contributed by atoms with Gasteiger partial charge in [0.25, 0.3) is 0 Å². The number of nitrogens with one attached hydrogen (secondary N) is 2. The average molecular weight is 553 g/mol. The van der Waals surface area contributed by atoms with Crippen LogP contribution in [0.15, 0.2) is 40.9 Å². The Labute approximate surface area is 232 Å². The molecule has 206 valence electrons. The third-order valence-corrected chi connectivity index (χ3v) is 5.73. The summed E-state index contributed by atoms with van der Waals surface area (Å²) in [6, 6.07) is 8.72. The Bertz CT molecular complexity index is 1420. The fourth-order valence-corrected chi connectivity index (χ4v) is 3.97. The molecule has 0 saturated heterocycles. The van der Waals surface area contributed by atoms with E-state index in [9.17, 15) is 14.9 Å². The number of benzene rings is 1. The lowest BCUT2D eigenvalue weighted by molar-refractivity contribution is -0.115. The second-order valence-corrected chi connectivity index (χ2v) is 10.9. The predicted octanol–water partition coefficient (Wildman–Crippen LogP) is 6.68. The van der Waals surface area contributed by atoms with E-state index in [1.54, 1.807) is 45.0 Å². The molecule has 2 heterocycles. The molecule has 3 rings (SSSR count). The van der Waals surface area contributed by atoms with Crippen LogP contribution in [0.4, 0.5) is 16.5 Å². The zero-order valence-electron chi connectivity index (χ0n) is 23.0. The molecule has 1 aromatic carbocycles. The van der Waals surface area contributed by atoms with E-state index in [1.807, 2.05) is 20.8 Å². The van der Waals surface area contributed by atoms with Crippen molar-refractivity contribution in [3.63, 3.8) is 0 Å². The number of nitrogens with zero attached hydrogens (tertiary/aromatic N) is 4. The fraction of sp³-hybridized carbons (Fsp3) is 0.393. The van der Waals surface area contributed by atoms with Crippen molar-refractivity contribution in [2.45, 2.75) is 72.4 Å². The molecule has 10 nitrogen and oxygen atoms in total. The number of aromatic nitrogens is 3. The van der Waals surface area contributed by atoms with Crippen LogP contribution < -0.4 is 10.6 Å². The van der Waals surface area contributed by atoms with Crippen LogP contribution >= 0.6 is 11.6 Å². The number of aryl methyl sites for hydroxylation is 1. The van der Waals surface area contributed by atoms with Gasteiger partial charge in [-0.05, 0) is 66.0 Å². The largest absolute Gasteiger partial charge is 0.444 e. The molecule has 0 unspecified atom stereocenters. The van der Waals surface area contributed by atoms with E-state index < -0.39 is 11.7 Å². The molecule has 0 radical (unpaired) electrons. The van der Waals surface area contributed by atoms with E-state index in [-0.39, 0.29) is 35.6 Å². The monoisotopic (exact) mass is 552 g/mol. The first-order valence-corrected chi connectivity index (χ1v) is 12.9. The molecule has 0 saturated carbocycles. The van der Waals surface area contributed by atoms with Crippen molar-refractivity contribution in [3.8, 4) is 17.3 Å². The number of nitriles is 1.